The predicted octanol–water partition coefficient (Wildman–Crippen LogP) is 5.54. The number of hydrazone groups is 1. The second-order valence-corrected chi connectivity index (χ2v) is 8.18. The minimum absolute atomic E-state index is 0.206. The summed E-state index contributed by atoms with van der Waals surface area (Å²) in [7, 11) is 0. The standard InChI is InChI=1S/C26H20ClN3O5/c27-17-10-11-22(19(14-17)26(32)28-18-6-2-1-3-7-18)35-16-25(31)30-21(24-9-5-13-34-24)15-20(29-30)23-8-4-12-33-23/h1-14,21H,15-16H2,(H,28,32). The molecule has 35 heavy (non-hydrogen) atoms. The second kappa shape index (κ2) is 9.90. The summed E-state index contributed by atoms with van der Waals surface area (Å²) < 4.78 is 16.8. The van der Waals surface area contributed by atoms with Crippen molar-refractivity contribution in [2.45, 2.75) is 12.5 Å². The van der Waals surface area contributed by atoms with E-state index in [1.165, 1.54) is 11.1 Å². The smallest absolute Gasteiger partial charge is 0.281 e. The lowest BCUT2D eigenvalue weighted by molar-refractivity contribution is -0.135. The lowest BCUT2D eigenvalue weighted by Gasteiger charge is -2.20. The van der Waals surface area contributed by atoms with E-state index < -0.39 is 17.9 Å². The van der Waals surface area contributed by atoms with Crippen LogP contribution in [0.5, 0.6) is 5.75 Å². The Hall–Kier alpha value is -4.30. The average Bonchev–Trinajstić information content (AvgIpc) is 3.65. The summed E-state index contributed by atoms with van der Waals surface area (Å²) in [6, 6.07) is 20.3. The van der Waals surface area contributed by atoms with Crippen LogP contribution in [-0.4, -0.2) is 29.1 Å². The molecule has 1 aliphatic rings. The van der Waals surface area contributed by atoms with Crippen LogP contribution in [0.3, 0.4) is 0 Å². The molecular weight excluding hydrogens is 470 g/mol. The molecule has 2 aromatic heterocycles. The molecule has 176 valence electrons. The molecule has 0 spiro atoms. The summed E-state index contributed by atoms with van der Waals surface area (Å²) in [4.78, 5) is 26.1. The maximum Gasteiger partial charge on any atom is 0.281 e. The first-order chi connectivity index (χ1) is 17.1. The SMILES string of the molecule is O=C(Nc1ccccc1)c1cc(Cl)ccc1OCC(=O)N1N=C(c2ccco2)CC1c1ccco1. The van der Waals surface area contributed by atoms with Gasteiger partial charge >= 0.3 is 0 Å². The molecule has 0 radical (unpaired) electrons. The number of carbonyl (C=O) groups excluding carboxylic acids is 2. The number of furan rings is 2. The summed E-state index contributed by atoms with van der Waals surface area (Å²) in [6.45, 7) is -0.348. The quantitative estimate of drug-likeness (QED) is 0.368. The van der Waals surface area contributed by atoms with Crippen molar-refractivity contribution < 1.29 is 23.2 Å². The van der Waals surface area contributed by atoms with Gasteiger partial charge in [0.1, 0.15) is 29.0 Å². The van der Waals surface area contributed by atoms with Gasteiger partial charge in [0.15, 0.2) is 6.61 Å². The zero-order chi connectivity index (χ0) is 24.2. The van der Waals surface area contributed by atoms with Gasteiger partial charge in [-0.15, -0.1) is 0 Å². The van der Waals surface area contributed by atoms with Crippen molar-refractivity contribution in [2.75, 3.05) is 11.9 Å². The van der Waals surface area contributed by atoms with E-state index in [0.717, 1.165) is 0 Å². The van der Waals surface area contributed by atoms with E-state index in [1.807, 2.05) is 18.2 Å². The third kappa shape index (κ3) is 4.97. The third-order valence-electron chi connectivity index (χ3n) is 5.41. The van der Waals surface area contributed by atoms with Crippen molar-refractivity contribution in [1.82, 2.24) is 5.01 Å². The Bertz CT molecular complexity index is 1350. The van der Waals surface area contributed by atoms with Crippen LogP contribution in [0.25, 0.3) is 0 Å². The van der Waals surface area contributed by atoms with E-state index in [9.17, 15) is 9.59 Å². The van der Waals surface area contributed by atoms with Gasteiger partial charge in [0.25, 0.3) is 11.8 Å². The number of hydrogen-bond donors (Lipinski definition) is 1. The van der Waals surface area contributed by atoms with Crippen molar-refractivity contribution >= 4 is 34.8 Å². The molecule has 0 aliphatic carbocycles. The molecule has 3 heterocycles. The van der Waals surface area contributed by atoms with Crippen LogP contribution in [-0.2, 0) is 4.79 Å². The van der Waals surface area contributed by atoms with Gasteiger partial charge in [0.2, 0.25) is 0 Å². The molecule has 1 unspecified atom stereocenters. The fourth-order valence-corrected chi connectivity index (χ4v) is 3.94. The highest BCUT2D eigenvalue weighted by Crippen LogP contribution is 2.33. The molecule has 0 fully saturated rings. The fourth-order valence-electron chi connectivity index (χ4n) is 3.77. The Balaban J connectivity index is 1.34. The molecule has 1 N–H and O–H groups in total. The van der Waals surface area contributed by atoms with E-state index in [-0.39, 0.29) is 17.9 Å². The third-order valence-corrected chi connectivity index (χ3v) is 5.65. The van der Waals surface area contributed by atoms with Gasteiger partial charge in [0.05, 0.1) is 18.1 Å². The monoisotopic (exact) mass is 489 g/mol. The van der Waals surface area contributed by atoms with Gasteiger partial charge in [0, 0.05) is 17.1 Å². The molecule has 1 atom stereocenters. The van der Waals surface area contributed by atoms with Crippen LogP contribution in [0.4, 0.5) is 5.69 Å². The van der Waals surface area contributed by atoms with Crippen LogP contribution in [0.2, 0.25) is 5.02 Å². The molecule has 4 aromatic rings. The van der Waals surface area contributed by atoms with Crippen molar-refractivity contribution in [1.29, 1.82) is 0 Å². The first-order valence-electron chi connectivity index (χ1n) is 10.8. The van der Waals surface area contributed by atoms with Crippen LogP contribution in [0.15, 0.2) is 99.3 Å². The summed E-state index contributed by atoms with van der Waals surface area (Å²) in [5.74, 6) is 0.583. The number of ether oxygens (including phenoxy) is 1. The Morgan fingerprint density at radius 1 is 1.03 bits per heavy atom. The van der Waals surface area contributed by atoms with E-state index in [4.69, 9.17) is 25.2 Å². The Morgan fingerprint density at radius 2 is 1.83 bits per heavy atom. The molecule has 0 saturated heterocycles. The number of rotatable bonds is 7. The Labute approximate surface area is 205 Å². The molecule has 2 amide bonds. The zero-order valence-corrected chi connectivity index (χ0v) is 19.1. The number of hydrogen-bond acceptors (Lipinski definition) is 6. The van der Waals surface area contributed by atoms with Gasteiger partial charge in [-0.1, -0.05) is 29.8 Å². The number of halogens is 1. The van der Waals surface area contributed by atoms with Crippen LogP contribution in [0.1, 0.15) is 34.3 Å². The van der Waals surface area contributed by atoms with E-state index in [2.05, 4.69) is 10.4 Å². The van der Waals surface area contributed by atoms with E-state index in [0.29, 0.717) is 34.4 Å². The molecule has 5 rings (SSSR count). The van der Waals surface area contributed by atoms with E-state index in [1.54, 1.807) is 61.1 Å². The first kappa shape index (κ1) is 22.5. The number of amides is 2. The lowest BCUT2D eigenvalue weighted by atomic mass is 10.1. The number of anilines is 1. The van der Waals surface area contributed by atoms with Gasteiger partial charge < -0.3 is 18.9 Å². The Morgan fingerprint density at radius 3 is 2.57 bits per heavy atom. The largest absolute Gasteiger partial charge is 0.483 e. The Kier molecular flexibility index (Phi) is 6.36. The molecule has 0 bridgehead atoms. The zero-order valence-electron chi connectivity index (χ0n) is 18.4. The summed E-state index contributed by atoms with van der Waals surface area (Å²) >= 11 is 6.12. The number of para-hydroxylation sites is 1. The second-order valence-electron chi connectivity index (χ2n) is 7.75. The maximum atomic E-state index is 13.2. The highest BCUT2D eigenvalue weighted by molar-refractivity contribution is 6.31. The maximum absolute atomic E-state index is 13.2. The average molecular weight is 490 g/mol. The highest BCUT2D eigenvalue weighted by atomic mass is 35.5. The summed E-state index contributed by atoms with van der Waals surface area (Å²) in [5.41, 5.74) is 1.45. The molecule has 2 aromatic carbocycles. The summed E-state index contributed by atoms with van der Waals surface area (Å²) in [6.07, 6.45) is 3.53. The van der Waals surface area contributed by atoms with E-state index >= 15 is 0 Å². The normalized spacial score (nSPS) is 15.1. The molecule has 9 heteroatoms. The van der Waals surface area contributed by atoms with Crippen molar-refractivity contribution in [3.05, 3.63) is 107 Å². The van der Waals surface area contributed by atoms with Gasteiger partial charge in [-0.3, -0.25) is 9.59 Å². The van der Waals surface area contributed by atoms with Crippen LogP contribution >= 0.6 is 11.6 Å². The molecule has 8 nitrogen and oxygen atoms in total. The van der Waals surface area contributed by atoms with Crippen LogP contribution in [0, 0.1) is 0 Å². The van der Waals surface area contributed by atoms with Crippen LogP contribution < -0.4 is 10.1 Å². The van der Waals surface area contributed by atoms with Gasteiger partial charge in [-0.25, -0.2) is 5.01 Å². The molecular formula is C26H20ClN3O5. The first-order valence-corrected chi connectivity index (χ1v) is 11.2. The number of carbonyl (C=O) groups is 2. The van der Waals surface area contributed by atoms with Crippen molar-refractivity contribution in [3.8, 4) is 5.75 Å². The molecule has 1 aliphatic heterocycles. The number of benzene rings is 2. The van der Waals surface area contributed by atoms with Gasteiger partial charge in [-0.2, -0.15) is 5.10 Å². The lowest BCUT2D eigenvalue weighted by Crippen LogP contribution is -2.31. The fraction of sp³-hybridized carbons (Fsp3) is 0.115. The summed E-state index contributed by atoms with van der Waals surface area (Å²) in [5, 5.41) is 8.97. The van der Waals surface area contributed by atoms with Gasteiger partial charge in [-0.05, 0) is 54.6 Å². The minimum atomic E-state index is -0.438. The number of nitrogens with one attached hydrogen (secondary N) is 1. The van der Waals surface area contributed by atoms with Crippen molar-refractivity contribution in [2.24, 2.45) is 5.10 Å². The highest BCUT2D eigenvalue weighted by Gasteiger charge is 2.36. The molecule has 0 saturated carbocycles. The predicted molar refractivity (Wildman–Crippen MR) is 129 cm³/mol. The van der Waals surface area contributed by atoms with Crippen molar-refractivity contribution in [3.63, 3.8) is 0 Å². The topological polar surface area (TPSA) is 97.3 Å². The minimum Gasteiger partial charge on any atom is -0.483 e. The number of nitrogens with zero attached hydrogens (tertiary/aromatic N) is 2.